The Morgan fingerprint density at radius 3 is 2.55 bits per heavy atom. The second-order valence-electron chi connectivity index (χ2n) is 5.64. The van der Waals surface area contributed by atoms with Crippen LogP contribution < -0.4 is 15.4 Å². The van der Waals surface area contributed by atoms with Crippen LogP contribution in [-0.2, 0) is 0 Å². The molecule has 0 saturated carbocycles. The van der Waals surface area contributed by atoms with Gasteiger partial charge in [0, 0.05) is 30.3 Å². The molecule has 2 aliphatic rings. The van der Waals surface area contributed by atoms with Gasteiger partial charge in [0.15, 0.2) is 0 Å². The lowest BCUT2D eigenvalue weighted by Crippen LogP contribution is -2.47. The first-order valence-corrected chi connectivity index (χ1v) is 6.96. The lowest BCUT2D eigenvalue weighted by atomic mass is 9.97. The van der Waals surface area contributed by atoms with Crippen LogP contribution >= 0.6 is 0 Å². The molecule has 0 radical (unpaired) electrons. The number of ether oxygens (including phenoxy) is 1. The summed E-state index contributed by atoms with van der Waals surface area (Å²) in [5, 5.41) is 11.3. The zero-order valence-electron chi connectivity index (χ0n) is 11.5. The summed E-state index contributed by atoms with van der Waals surface area (Å²) < 4.78 is 5.22. The van der Waals surface area contributed by atoms with Crippen molar-refractivity contribution in [3.05, 3.63) is 28.3 Å². The van der Waals surface area contributed by atoms with E-state index in [2.05, 4.69) is 4.90 Å². The zero-order valence-corrected chi connectivity index (χ0v) is 11.5. The van der Waals surface area contributed by atoms with E-state index in [0.717, 1.165) is 25.7 Å². The van der Waals surface area contributed by atoms with Crippen molar-refractivity contribution in [1.82, 2.24) is 0 Å². The number of nitrogens with two attached hydrogens (primary N) is 1. The summed E-state index contributed by atoms with van der Waals surface area (Å²) in [5.74, 6) is 0.653. The first-order valence-electron chi connectivity index (χ1n) is 6.96. The van der Waals surface area contributed by atoms with E-state index in [0.29, 0.717) is 23.5 Å². The average Bonchev–Trinajstić information content (AvgIpc) is 2.70. The lowest BCUT2D eigenvalue weighted by molar-refractivity contribution is -0.384. The molecule has 2 fully saturated rings. The van der Waals surface area contributed by atoms with Crippen LogP contribution in [0.1, 0.15) is 25.7 Å². The molecule has 2 aliphatic heterocycles. The highest BCUT2D eigenvalue weighted by molar-refractivity contribution is 5.67. The fraction of sp³-hybridized carbons (Fsp3) is 0.571. The highest BCUT2D eigenvalue weighted by Gasteiger charge is 2.42. The van der Waals surface area contributed by atoms with Gasteiger partial charge in [-0.05, 0) is 31.7 Å². The molecule has 2 saturated heterocycles. The lowest BCUT2D eigenvalue weighted by Gasteiger charge is -2.39. The van der Waals surface area contributed by atoms with E-state index in [-0.39, 0.29) is 16.7 Å². The first kappa shape index (κ1) is 13.2. The molecule has 20 heavy (non-hydrogen) atoms. The molecule has 2 heterocycles. The Kier molecular flexibility index (Phi) is 3.25. The first-order chi connectivity index (χ1) is 9.60. The van der Waals surface area contributed by atoms with E-state index in [1.54, 1.807) is 19.2 Å². The van der Waals surface area contributed by atoms with E-state index < -0.39 is 0 Å². The number of nitro groups is 1. The van der Waals surface area contributed by atoms with Crippen molar-refractivity contribution >= 4 is 11.4 Å². The Balaban J connectivity index is 2.02. The molecule has 1 aromatic carbocycles. The fourth-order valence-electron chi connectivity index (χ4n) is 3.60. The van der Waals surface area contributed by atoms with Crippen molar-refractivity contribution in [3.63, 3.8) is 0 Å². The number of hydrogen-bond donors (Lipinski definition) is 1. The van der Waals surface area contributed by atoms with Crippen molar-refractivity contribution < 1.29 is 9.66 Å². The van der Waals surface area contributed by atoms with Crippen LogP contribution in [0.3, 0.4) is 0 Å². The van der Waals surface area contributed by atoms with Gasteiger partial charge in [-0.25, -0.2) is 0 Å². The Bertz CT molecular complexity index is 520. The number of piperidine rings is 1. The minimum Gasteiger partial charge on any atom is -0.497 e. The minimum absolute atomic E-state index is 0.151. The molecule has 108 valence electrons. The van der Waals surface area contributed by atoms with Crippen molar-refractivity contribution in [3.8, 4) is 5.75 Å². The summed E-state index contributed by atoms with van der Waals surface area (Å²) in [6, 6.07) is 5.79. The van der Waals surface area contributed by atoms with E-state index in [1.165, 1.54) is 6.07 Å². The van der Waals surface area contributed by atoms with Gasteiger partial charge in [0.05, 0.1) is 12.0 Å². The maximum atomic E-state index is 11.3. The highest BCUT2D eigenvalue weighted by Crippen LogP contribution is 2.43. The van der Waals surface area contributed by atoms with Crippen LogP contribution in [-0.4, -0.2) is 30.2 Å². The second-order valence-corrected chi connectivity index (χ2v) is 5.64. The summed E-state index contributed by atoms with van der Waals surface area (Å²) in [6.07, 6.45) is 3.94. The van der Waals surface area contributed by atoms with Crippen LogP contribution in [0.4, 0.5) is 11.4 Å². The van der Waals surface area contributed by atoms with E-state index in [9.17, 15) is 10.1 Å². The molecule has 0 aromatic heterocycles. The molecular formula is C14H19N3O3. The number of methoxy groups -OCH3 is 1. The van der Waals surface area contributed by atoms with Gasteiger partial charge in [-0.15, -0.1) is 0 Å². The van der Waals surface area contributed by atoms with Crippen LogP contribution in [0.25, 0.3) is 0 Å². The molecule has 6 nitrogen and oxygen atoms in total. The average molecular weight is 277 g/mol. The summed E-state index contributed by atoms with van der Waals surface area (Å²) in [4.78, 5) is 13.2. The molecular weight excluding hydrogens is 258 g/mol. The molecule has 3 rings (SSSR count). The molecule has 0 aliphatic carbocycles. The molecule has 2 N–H and O–H groups in total. The van der Waals surface area contributed by atoms with Crippen molar-refractivity contribution in [2.75, 3.05) is 12.0 Å². The second kappa shape index (κ2) is 4.94. The zero-order chi connectivity index (χ0) is 14.3. The van der Waals surface area contributed by atoms with E-state index in [4.69, 9.17) is 10.5 Å². The maximum absolute atomic E-state index is 11.3. The van der Waals surface area contributed by atoms with Crippen LogP contribution in [0, 0.1) is 10.1 Å². The number of nitrogens with zero attached hydrogens (tertiary/aromatic N) is 2. The molecule has 0 amide bonds. The van der Waals surface area contributed by atoms with Crippen LogP contribution in [0.15, 0.2) is 18.2 Å². The number of nitro benzene ring substituents is 1. The van der Waals surface area contributed by atoms with Crippen molar-refractivity contribution in [2.45, 2.75) is 43.8 Å². The Morgan fingerprint density at radius 2 is 2.00 bits per heavy atom. The van der Waals surface area contributed by atoms with Gasteiger partial charge >= 0.3 is 0 Å². The Morgan fingerprint density at radius 1 is 1.35 bits per heavy atom. The molecule has 6 heteroatoms. The molecule has 2 bridgehead atoms. The number of anilines is 1. The predicted molar refractivity (Wildman–Crippen MR) is 76.1 cm³/mol. The predicted octanol–water partition coefficient (Wildman–Crippen LogP) is 2.06. The maximum Gasteiger partial charge on any atom is 0.292 e. The van der Waals surface area contributed by atoms with Crippen molar-refractivity contribution in [1.29, 1.82) is 0 Å². The normalized spacial score (nSPS) is 28.5. The number of rotatable bonds is 3. The SMILES string of the molecule is COc1ccc([N+](=O)[O-])c(N2C3CCC2CC(N)C3)c1. The summed E-state index contributed by atoms with van der Waals surface area (Å²) in [5.41, 5.74) is 6.89. The van der Waals surface area contributed by atoms with Gasteiger partial charge in [-0.3, -0.25) is 10.1 Å². The Hall–Kier alpha value is -1.82. The van der Waals surface area contributed by atoms with Gasteiger partial charge in [0.2, 0.25) is 0 Å². The number of fused-ring (bicyclic) bond motifs is 2. The molecule has 0 spiro atoms. The van der Waals surface area contributed by atoms with Gasteiger partial charge < -0.3 is 15.4 Å². The summed E-state index contributed by atoms with van der Waals surface area (Å²) >= 11 is 0. The Labute approximate surface area is 117 Å². The van der Waals surface area contributed by atoms with E-state index in [1.807, 2.05) is 0 Å². The third-order valence-corrected chi connectivity index (χ3v) is 4.43. The third kappa shape index (κ3) is 2.10. The monoisotopic (exact) mass is 277 g/mol. The van der Waals surface area contributed by atoms with Gasteiger partial charge in [0.25, 0.3) is 5.69 Å². The summed E-state index contributed by atoms with van der Waals surface area (Å²) in [6.45, 7) is 0. The number of hydrogen-bond acceptors (Lipinski definition) is 5. The van der Waals surface area contributed by atoms with Crippen LogP contribution in [0.5, 0.6) is 5.75 Å². The molecule has 2 unspecified atom stereocenters. The minimum atomic E-state index is -0.317. The smallest absolute Gasteiger partial charge is 0.292 e. The molecule has 1 aromatic rings. The largest absolute Gasteiger partial charge is 0.497 e. The standard InChI is InChI=1S/C14H19N3O3/c1-20-12-4-5-13(17(18)19)14(8-12)16-10-2-3-11(16)7-9(15)6-10/h4-5,8-11H,2-3,6-7,15H2,1H3. The van der Waals surface area contributed by atoms with E-state index >= 15 is 0 Å². The van der Waals surface area contributed by atoms with Gasteiger partial charge in [0.1, 0.15) is 11.4 Å². The summed E-state index contributed by atoms with van der Waals surface area (Å²) in [7, 11) is 1.58. The van der Waals surface area contributed by atoms with Crippen molar-refractivity contribution in [2.24, 2.45) is 5.73 Å². The van der Waals surface area contributed by atoms with Gasteiger partial charge in [-0.2, -0.15) is 0 Å². The quantitative estimate of drug-likeness (QED) is 0.675. The number of benzene rings is 1. The fourth-order valence-corrected chi connectivity index (χ4v) is 3.60. The van der Waals surface area contributed by atoms with Gasteiger partial charge in [-0.1, -0.05) is 0 Å². The highest BCUT2D eigenvalue weighted by atomic mass is 16.6. The van der Waals surface area contributed by atoms with Crippen LogP contribution in [0.2, 0.25) is 0 Å². The third-order valence-electron chi connectivity index (χ3n) is 4.43. The molecule has 2 atom stereocenters. The topological polar surface area (TPSA) is 81.6 Å².